The summed E-state index contributed by atoms with van der Waals surface area (Å²) in [5.74, 6) is -0.371. The molecule has 1 aliphatic heterocycles. The Hall–Kier alpha value is -3.39. The van der Waals surface area contributed by atoms with Crippen LogP contribution in [0.5, 0.6) is 0 Å². The van der Waals surface area contributed by atoms with Crippen molar-refractivity contribution in [3.8, 4) is 0 Å². The Morgan fingerprint density at radius 2 is 2.00 bits per heavy atom. The summed E-state index contributed by atoms with van der Waals surface area (Å²) >= 11 is 0. The number of fused-ring (bicyclic) bond motifs is 1. The number of rotatable bonds is 10. The largest absolute Gasteiger partial charge is 0.464 e. The first kappa shape index (κ1) is 25.7. The summed E-state index contributed by atoms with van der Waals surface area (Å²) in [7, 11) is 1.35. The number of amides is 1. The van der Waals surface area contributed by atoms with E-state index in [1.54, 1.807) is 6.20 Å². The number of hydrogen-bond acceptors (Lipinski definition) is 6. The molecule has 3 aromatic rings. The minimum atomic E-state index is -0.512. The summed E-state index contributed by atoms with van der Waals surface area (Å²) in [6.45, 7) is 7.97. The number of hydrogen-bond donors (Lipinski definition) is 2. The van der Waals surface area contributed by atoms with Gasteiger partial charge in [-0.2, -0.15) is 0 Å². The van der Waals surface area contributed by atoms with Crippen molar-refractivity contribution in [1.29, 1.82) is 0 Å². The quantitative estimate of drug-likeness (QED) is 0.392. The summed E-state index contributed by atoms with van der Waals surface area (Å²) < 4.78 is 12.4. The van der Waals surface area contributed by atoms with E-state index in [9.17, 15) is 9.59 Å². The second-order valence-electron chi connectivity index (χ2n) is 9.92. The molecular weight excluding hydrogens is 456 g/mol. The first-order valence-electron chi connectivity index (χ1n) is 12.7. The molecule has 2 atom stereocenters. The molecule has 1 saturated heterocycles. The summed E-state index contributed by atoms with van der Waals surface area (Å²) in [5, 5.41) is 7.25. The SMILES string of the molecule is COC(=O)c1c(NC(=O)[C@H]2CCOC2)c2cc(N[C@H](C)CC(C)C)cnc2n1CCc1ccccc1. The van der Waals surface area contributed by atoms with Crippen LogP contribution in [0.15, 0.2) is 42.6 Å². The number of nitrogens with one attached hydrogen (secondary N) is 2. The maximum absolute atomic E-state index is 13.1. The Morgan fingerprint density at radius 1 is 1.22 bits per heavy atom. The molecule has 0 spiro atoms. The average Bonchev–Trinajstić information content (AvgIpc) is 3.49. The van der Waals surface area contributed by atoms with Crippen LogP contribution >= 0.6 is 0 Å². The average molecular weight is 493 g/mol. The predicted octanol–water partition coefficient (Wildman–Crippen LogP) is 4.89. The van der Waals surface area contributed by atoms with E-state index in [0.717, 1.165) is 17.7 Å². The van der Waals surface area contributed by atoms with Crippen molar-refractivity contribution in [1.82, 2.24) is 9.55 Å². The summed E-state index contributed by atoms with van der Waals surface area (Å²) in [5.41, 5.74) is 3.35. The van der Waals surface area contributed by atoms with Crippen molar-refractivity contribution in [3.05, 3.63) is 53.9 Å². The number of carbonyl (C=O) groups is 2. The number of ether oxygens (including phenoxy) is 2. The van der Waals surface area contributed by atoms with Crippen LogP contribution in [0, 0.1) is 11.8 Å². The highest BCUT2D eigenvalue weighted by Crippen LogP contribution is 2.34. The Kier molecular flexibility index (Phi) is 8.25. The van der Waals surface area contributed by atoms with E-state index in [4.69, 9.17) is 14.5 Å². The number of benzene rings is 1. The minimum absolute atomic E-state index is 0.161. The number of carbonyl (C=O) groups excluding carboxylic acids is 2. The lowest BCUT2D eigenvalue weighted by atomic mass is 10.1. The number of esters is 1. The second kappa shape index (κ2) is 11.6. The number of methoxy groups -OCH3 is 1. The Bertz CT molecular complexity index is 1200. The van der Waals surface area contributed by atoms with E-state index in [2.05, 4.69) is 43.5 Å². The standard InChI is InChI=1S/C28H36N4O4/c1-18(2)14-19(3)30-22-15-23-24(31-27(33)21-11-13-36-17-21)25(28(34)35-4)32(26(23)29-16-22)12-10-20-8-6-5-7-9-20/h5-9,15-16,18-19,21,30H,10-14,17H2,1-4H3,(H,31,33)/t19-,21+/m1/s1. The predicted molar refractivity (Wildman–Crippen MR) is 141 cm³/mol. The van der Waals surface area contributed by atoms with Crippen LogP contribution in [0.3, 0.4) is 0 Å². The molecule has 0 radical (unpaired) electrons. The topological polar surface area (TPSA) is 94.5 Å². The number of anilines is 2. The van der Waals surface area contributed by atoms with Gasteiger partial charge in [0.25, 0.3) is 0 Å². The van der Waals surface area contributed by atoms with Gasteiger partial charge < -0.3 is 24.7 Å². The molecule has 1 amide bonds. The molecule has 0 unspecified atom stereocenters. The van der Waals surface area contributed by atoms with Crippen molar-refractivity contribution < 1.29 is 19.1 Å². The van der Waals surface area contributed by atoms with Crippen LogP contribution in [-0.4, -0.2) is 47.8 Å². The molecule has 1 aromatic carbocycles. The molecule has 4 rings (SSSR count). The van der Waals surface area contributed by atoms with E-state index in [1.165, 1.54) is 7.11 Å². The van der Waals surface area contributed by atoms with Crippen LogP contribution < -0.4 is 10.6 Å². The van der Waals surface area contributed by atoms with Crippen molar-refractivity contribution in [3.63, 3.8) is 0 Å². The molecule has 3 heterocycles. The zero-order valence-corrected chi connectivity index (χ0v) is 21.5. The monoisotopic (exact) mass is 492 g/mol. The van der Waals surface area contributed by atoms with Crippen LogP contribution in [-0.2, 0) is 27.2 Å². The van der Waals surface area contributed by atoms with Gasteiger partial charge in [-0.3, -0.25) is 4.79 Å². The van der Waals surface area contributed by atoms with Gasteiger partial charge in [0.1, 0.15) is 5.65 Å². The van der Waals surface area contributed by atoms with E-state index in [-0.39, 0.29) is 17.9 Å². The van der Waals surface area contributed by atoms with E-state index < -0.39 is 5.97 Å². The van der Waals surface area contributed by atoms with Crippen molar-refractivity contribution in [2.45, 2.75) is 52.6 Å². The lowest BCUT2D eigenvalue weighted by Crippen LogP contribution is -2.24. The molecule has 0 bridgehead atoms. The summed E-state index contributed by atoms with van der Waals surface area (Å²) in [6, 6.07) is 12.3. The molecule has 8 heteroatoms. The number of aromatic nitrogens is 2. The lowest BCUT2D eigenvalue weighted by Gasteiger charge is -2.17. The van der Waals surface area contributed by atoms with Crippen LogP contribution in [0.25, 0.3) is 11.0 Å². The third-order valence-electron chi connectivity index (χ3n) is 6.53. The van der Waals surface area contributed by atoms with Gasteiger partial charge in [0.2, 0.25) is 5.91 Å². The fourth-order valence-corrected chi connectivity index (χ4v) is 4.86. The maximum Gasteiger partial charge on any atom is 0.356 e. The molecule has 2 N–H and O–H groups in total. The molecular formula is C28H36N4O4. The Balaban J connectivity index is 1.77. The number of pyridine rings is 1. The van der Waals surface area contributed by atoms with Gasteiger partial charge in [0.15, 0.2) is 5.69 Å². The second-order valence-corrected chi connectivity index (χ2v) is 9.92. The molecule has 1 fully saturated rings. The van der Waals surface area contributed by atoms with Gasteiger partial charge in [-0.05, 0) is 43.7 Å². The number of nitrogens with zero attached hydrogens (tertiary/aromatic N) is 2. The Morgan fingerprint density at radius 3 is 2.67 bits per heavy atom. The number of aryl methyl sites for hydroxylation is 2. The first-order valence-corrected chi connectivity index (χ1v) is 12.7. The van der Waals surface area contributed by atoms with Crippen LogP contribution in [0.4, 0.5) is 11.4 Å². The molecule has 0 aliphatic carbocycles. The van der Waals surface area contributed by atoms with Crippen molar-refractivity contribution in [2.75, 3.05) is 31.0 Å². The Labute approximate surface area is 212 Å². The van der Waals surface area contributed by atoms with E-state index in [1.807, 2.05) is 28.8 Å². The molecule has 8 nitrogen and oxygen atoms in total. The molecule has 1 aliphatic rings. The van der Waals surface area contributed by atoms with E-state index in [0.29, 0.717) is 60.9 Å². The fraction of sp³-hybridized carbons (Fsp3) is 0.464. The van der Waals surface area contributed by atoms with E-state index >= 15 is 0 Å². The fourth-order valence-electron chi connectivity index (χ4n) is 4.86. The molecule has 192 valence electrons. The third-order valence-corrected chi connectivity index (χ3v) is 6.53. The lowest BCUT2D eigenvalue weighted by molar-refractivity contribution is -0.119. The first-order chi connectivity index (χ1) is 17.4. The normalized spacial score (nSPS) is 16.3. The van der Waals surface area contributed by atoms with Gasteiger partial charge in [-0.1, -0.05) is 44.2 Å². The summed E-state index contributed by atoms with van der Waals surface area (Å²) in [4.78, 5) is 30.9. The van der Waals surface area contributed by atoms with Crippen LogP contribution in [0.1, 0.15) is 49.7 Å². The highest BCUT2D eigenvalue weighted by molar-refractivity contribution is 6.11. The van der Waals surface area contributed by atoms with Gasteiger partial charge >= 0.3 is 5.97 Å². The van der Waals surface area contributed by atoms with Gasteiger partial charge in [-0.15, -0.1) is 0 Å². The minimum Gasteiger partial charge on any atom is -0.464 e. The maximum atomic E-state index is 13.1. The zero-order chi connectivity index (χ0) is 25.7. The van der Waals surface area contributed by atoms with Crippen molar-refractivity contribution in [2.24, 2.45) is 11.8 Å². The smallest absolute Gasteiger partial charge is 0.356 e. The van der Waals surface area contributed by atoms with Gasteiger partial charge in [0.05, 0.1) is 37.2 Å². The molecule has 36 heavy (non-hydrogen) atoms. The zero-order valence-electron chi connectivity index (χ0n) is 21.5. The highest BCUT2D eigenvalue weighted by atomic mass is 16.5. The van der Waals surface area contributed by atoms with Crippen molar-refractivity contribution >= 4 is 34.3 Å². The molecule has 0 saturated carbocycles. The molecule has 2 aromatic heterocycles. The van der Waals surface area contributed by atoms with Crippen LogP contribution in [0.2, 0.25) is 0 Å². The van der Waals surface area contributed by atoms with Gasteiger partial charge in [-0.25, -0.2) is 9.78 Å². The highest BCUT2D eigenvalue weighted by Gasteiger charge is 2.30. The van der Waals surface area contributed by atoms with Gasteiger partial charge in [0, 0.05) is 24.6 Å². The summed E-state index contributed by atoms with van der Waals surface area (Å²) in [6.07, 6.45) is 4.15. The third kappa shape index (κ3) is 5.87.